The lowest BCUT2D eigenvalue weighted by Gasteiger charge is -2.17. The first-order chi connectivity index (χ1) is 7.13. The van der Waals surface area contributed by atoms with Gasteiger partial charge in [0.1, 0.15) is 5.75 Å². The Hall–Kier alpha value is -0.770. The SMILES string of the molecule is CCc1c(OC)cc(Cl)cc1C(N)CO. The molecule has 4 heteroatoms. The zero-order valence-electron chi connectivity index (χ0n) is 8.96. The molecule has 15 heavy (non-hydrogen) atoms. The molecule has 0 fully saturated rings. The second kappa shape index (κ2) is 5.35. The molecule has 0 radical (unpaired) electrons. The molecule has 3 N–H and O–H groups in total. The Kier molecular flexibility index (Phi) is 4.39. The quantitative estimate of drug-likeness (QED) is 0.829. The molecule has 1 unspecified atom stereocenters. The molecule has 1 aromatic carbocycles. The van der Waals surface area contributed by atoms with Crippen LogP contribution in [0.5, 0.6) is 5.75 Å². The predicted molar refractivity (Wildman–Crippen MR) is 61.4 cm³/mol. The van der Waals surface area contributed by atoms with Crippen LogP contribution in [0.15, 0.2) is 12.1 Å². The van der Waals surface area contributed by atoms with E-state index in [1.165, 1.54) is 0 Å². The third-order valence-electron chi connectivity index (χ3n) is 2.38. The second-order valence-corrected chi connectivity index (χ2v) is 3.75. The molecule has 0 amide bonds. The summed E-state index contributed by atoms with van der Waals surface area (Å²) in [4.78, 5) is 0. The van der Waals surface area contributed by atoms with Crippen LogP contribution in [-0.4, -0.2) is 18.8 Å². The lowest BCUT2D eigenvalue weighted by atomic mass is 9.98. The molecule has 1 rings (SSSR count). The molecule has 0 saturated heterocycles. The summed E-state index contributed by atoms with van der Waals surface area (Å²) >= 11 is 5.94. The third-order valence-corrected chi connectivity index (χ3v) is 2.60. The van der Waals surface area contributed by atoms with E-state index in [-0.39, 0.29) is 6.61 Å². The molecule has 0 bridgehead atoms. The van der Waals surface area contributed by atoms with Crippen LogP contribution < -0.4 is 10.5 Å². The first-order valence-electron chi connectivity index (χ1n) is 4.86. The Morgan fingerprint density at radius 2 is 2.20 bits per heavy atom. The van der Waals surface area contributed by atoms with E-state index in [2.05, 4.69) is 0 Å². The van der Waals surface area contributed by atoms with Crippen LogP contribution in [0.4, 0.5) is 0 Å². The highest BCUT2D eigenvalue weighted by atomic mass is 35.5. The molecule has 3 nitrogen and oxygen atoms in total. The van der Waals surface area contributed by atoms with Gasteiger partial charge < -0.3 is 15.6 Å². The lowest BCUT2D eigenvalue weighted by Crippen LogP contribution is -2.17. The highest BCUT2D eigenvalue weighted by molar-refractivity contribution is 6.30. The number of ether oxygens (including phenoxy) is 1. The summed E-state index contributed by atoms with van der Waals surface area (Å²) in [6, 6.07) is 3.13. The smallest absolute Gasteiger partial charge is 0.123 e. The molecule has 0 saturated carbocycles. The van der Waals surface area contributed by atoms with E-state index in [0.717, 1.165) is 23.3 Å². The molecule has 0 aliphatic rings. The zero-order chi connectivity index (χ0) is 11.4. The van der Waals surface area contributed by atoms with Gasteiger partial charge in [-0.1, -0.05) is 18.5 Å². The zero-order valence-corrected chi connectivity index (χ0v) is 9.71. The van der Waals surface area contributed by atoms with Crippen molar-refractivity contribution in [3.05, 3.63) is 28.3 Å². The molecule has 1 aromatic rings. The average Bonchev–Trinajstić information content (AvgIpc) is 2.26. The van der Waals surface area contributed by atoms with Gasteiger partial charge in [-0.05, 0) is 29.7 Å². The van der Waals surface area contributed by atoms with Crippen molar-refractivity contribution in [3.8, 4) is 5.75 Å². The highest BCUT2D eigenvalue weighted by Gasteiger charge is 2.14. The molecule has 0 aliphatic carbocycles. The molecule has 1 atom stereocenters. The van der Waals surface area contributed by atoms with E-state index in [9.17, 15) is 0 Å². The fourth-order valence-electron chi connectivity index (χ4n) is 1.62. The fraction of sp³-hybridized carbons (Fsp3) is 0.455. The first-order valence-corrected chi connectivity index (χ1v) is 5.24. The summed E-state index contributed by atoms with van der Waals surface area (Å²) in [5, 5.41) is 9.63. The van der Waals surface area contributed by atoms with E-state index < -0.39 is 6.04 Å². The maximum atomic E-state index is 9.05. The number of nitrogens with two attached hydrogens (primary N) is 1. The Labute approximate surface area is 94.8 Å². The number of hydrogen-bond donors (Lipinski definition) is 2. The first kappa shape index (κ1) is 12.3. The van der Waals surface area contributed by atoms with Gasteiger partial charge in [0, 0.05) is 5.02 Å². The van der Waals surface area contributed by atoms with Crippen molar-refractivity contribution in [2.45, 2.75) is 19.4 Å². The van der Waals surface area contributed by atoms with Gasteiger partial charge in [0.05, 0.1) is 19.8 Å². The van der Waals surface area contributed by atoms with Crippen LogP contribution in [0.3, 0.4) is 0 Å². The van der Waals surface area contributed by atoms with Crippen molar-refractivity contribution in [1.29, 1.82) is 0 Å². The van der Waals surface area contributed by atoms with E-state index >= 15 is 0 Å². The van der Waals surface area contributed by atoms with E-state index in [1.807, 2.05) is 6.92 Å². The van der Waals surface area contributed by atoms with E-state index in [0.29, 0.717) is 5.02 Å². The molecule has 0 aliphatic heterocycles. The minimum atomic E-state index is -0.410. The number of aliphatic hydroxyl groups is 1. The summed E-state index contributed by atoms with van der Waals surface area (Å²) < 4.78 is 5.23. The number of benzene rings is 1. The fourth-order valence-corrected chi connectivity index (χ4v) is 1.84. The number of rotatable bonds is 4. The van der Waals surface area contributed by atoms with Crippen molar-refractivity contribution in [3.63, 3.8) is 0 Å². The van der Waals surface area contributed by atoms with Crippen molar-refractivity contribution in [1.82, 2.24) is 0 Å². The number of halogens is 1. The van der Waals surface area contributed by atoms with Crippen LogP contribution in [-0.2, 0) is 6.42 Å². The Morgan fingerprint density at radius 1 is 1.53 bits per heavy atom. The van der Waals surface area contributed by atoms with Crippen LogP contribution in [0, 0.1) is 0 Å². The molecular weight excluding hydrogens is 214 g/mol. The van der Waals surface area contributed by atoms with E-state index in [1.54, 1.807) is 19.2 Å². The van der Waals surface area contributed by atoms with Gasteiger partial charge in [0.15, 0.2) is 0 Å². The second-order valence-electron chi connectivity index (χ2n) is 3.32. The van der Waals surface area contributed by atoms with Gasteiger partial charge >= 0.3 is 0 Å². The van der Waals surface area contributed by atoms with Crippen molar-refractivity contribution < 1.29 is 9.84 Å². The maximum Gasteiger partial charge on any atom is 0.123 e. The molecular formula is C11H16ClNO2. The lowest BCUT2D eigenvalue weighted by molar-refractivity contribution is 0.267. The third kappa shape index (κ3) is 2.62. The minimum absolute atomic E-state index is 0.101. The van der Waals surface area contributed by atoms with Crippen LogP contribution in [0.25, 0.3) is 0 Å². The number of methoxy groups -OCH3 is 1. The highest BCUT2D eigenvalue weighted by Crippen LogP contribution is 2.30. The summed E-state index contributed by atoms with van der Waals surface area (Å²) in [6.45, 7) is 1.91. The van der Waals surface area contributed by atoms with Gasteiger partial charge in [-0.15, -0.1) is 0 Å². The Bertz CT molecular complexity index is 342. The monoisotopic (exact) mass is 229 g/mol. The summed E-state index contributed by atoms with van der Waals surface area (Å²) in [5.74, 6) is 0.726. The van der Waals surface area contributed by atoms with Gasteiger partial charge in [-0.2, -0.15) is 0 Å². The van der Waals surface area contributed by atoms with Crippen LogP contribution in [0.1, 0.15) is 24.1 Å². The standard InChI is InChI=1S/C11H16ClNO2/c1-3-8-9(10(13)6-14)4-7(12)5-11(8)15-2/h4-5,10,14H,3,6,13H2,1-2H3. The normalized spacial score (nSPS) is 12.6. The average molecular weight is 230 g/mol. The van der Waals surface area contributed by atoms with Gasteiger partial charge in [0.2, 0.25) is 0 Å². The Balaban J connectivity index is 3.28. The Morgan fingerprint density at radius 3 is 2.67 bits per heavy atom. The van der Waals surface area contributed by atoms with Crippen LogP contribution in [0.2, 0.25) is 5.02 Å². The van der Waals surface area contributed by atoms with Crippen molar-refractivity contribution in [2.75, 3.05) is 13.7 Å². The molecule has 0 spiro atoms. The molecule has 84 valence electrons. The predicted octanol–water partition coefficient (Wildman–Crippen LogP) is 1.90. The van der Waals surface area contributed by atoms with Gasteiger partial charge in [0.25, 0.3) is 0 Å². The number of aliphatic hydroxyl groups excluding tert-OH is 1. The minimum Gasteiger partial charge on any atom is -0.496 e. The molecule has 0 aromatic heterocycles. The van der Waals surface area contributed by atoms with Crippen molar-refractivity contribution >= 4 is 11.6 Å². The summed E-state index contributed by atoms with van der Waals surface area (Å²) in [5.41, 5.74) is 7.65. The summed E-state index contributed by atoms with van der Waals surface area (Å²) in [7, 11) is 1.60. The topological polar surface area (TPSA) is 55.5 Å². The van der Waals surface area contributed by atoms with Crippen molar-refractivity contribution in [2.24, 2.45) is 5.73 Å². The van der Waals surface area contributed by atoms with Gasteiger partial charge in [-0.3, -0.25) is 0 Å². The van der Waals surface area contributed by atoms with Crippen LogP contribution >= 0.6 is 11.6 Å². The van der Waals surface area contributed by atoms with E-state index in [4.69, 9.17) is 27.2 Å². The maximum absolute atomic E-state index is 9.05. The molecule has 0 heterocycles. The summed E-state index contributed by atoms with van der Waals surface area (Å²) in [6.07, 6.45) is 0.795. The van der Waals surface area contributed by atoms with Gasteiger partial charge in [-0.25, -0.2) is 0 Å². The number of hydrogen-bond acceptors (Lipinski definition) is 3. The largest absolute Gasteiger partial charge is 0.496 e.